The maximum atomic E-state index is 12.6. The summed E-state index contributed by atoms with van der Waals surface area (Å²) in [5.41, 5.74) is 2.33. The number of nitrogens with zero attached hydrogens (tertiary/aromatic N) is 3. The van der Waals surface area contributed by atoms with Gasteiger partial charge in [-0.05, 0) is 29.7 Å². The summed E-state index contributed by atoms with van der Waals surface area (Å²) in [7, 11) is -3.44. The SMILES string of the molecule is CC(C)c1cccc2sc(N3CCN(C(=O)CCS(=O)(=O)c4ccccc4)CC3)nc12. The van der Waals surface area contributed by atoms with Gasteiger partial charge in [-0.1, -0.05) is 55.5 Å². The Morgan fingerprint density at radius 1 is 1.03 bits per heavy atom. The zero-order chi connectivity index (χ0) is 22.0. The molecule has 8 heteroatoms. The van der Waals surface area contributed by atoms with Gasteiger partial charge in [-0.15, -0.1) is 0 Å². The van der Waals surface area contributed by atoms with E-state index in [2.05, 4.69) is 36.9 Å². The van der Waals surface area contributed by atoms with Crippen molar-refractivity contribution >= 4 is 42.4 Å². The van der Waals surface area contributed by atoms with E-state index in [-0.39, 0.29) is 23.0 Å². The first-order valence-electron chi connectivity index (χ1n) is 10.5. The molecule has 0 unspecified atom stereocenters. The third-order valence-electron chi connectivity index (χ3n) is 5.65. The van der Waals surface area contributed by atoms with Crippen molar-refractivity contribution in [2.24, 2.45) is 0 Å². The third kappa shape index (κ3) is 4.75. The number of carbonyl (C=O) groups is 1. The number of benzene rings is 2. The highest BCUT2D eigenvalue weighted by atomic mass is 32.2. The standard InChI is InChI=1S/C23H27N3O3S2/c1-17(2)19-9-6-10-20-22(19)24-23(30-20)26-14-12-25(13-15-26)21(27)11-16-31(28,29)18-7-4-3-5-8-18/h3-10,17H,11-16H2,1-2H3. The van der Waals surface area contributed by atoms with Crippen molar-refractivity contribution in [3.05, 3.63) is 54.1 Å². The number of rotatable bonds is 6. The first-order valence-corrected chi connectivity index (χ1v) is 13.0. The molecule has 1 amide bonds. The van der Waals surface area contributed by atoms with Gasteiger partial charge < -0.3 is 9.80 Å². The first-order chi connectivity index (χ1) is 14.8. The maximum absolute atomic E-state index is 12.6. The molecule has 0 saturated carbocycles. The van der Waals surface area contributed by atoms with Crippen LogP contribution in [0.15, 0.2) is 53.4 Å². The minimum absolute atomic E-state index is 0.0100. The largest absolute Gasteiger partial charge is 0.345 e. The second-order valence-corrected chi connectivity index (χ2v) is 11.2. The number of hydrogen-bond acceptors (Lipinski definition) is 6. The van der Waals surface area contributed by atoms with Crippen molar-refractivity contribution < 1.29 is 13.2 Å². The van der Waals surface area contributed by atoms with Gasteiger partial charge in [0.2, 0.25) is 5.91 Å². The van der Waals surface area contributed by atoms with Crippen LogP contribution >= 0.6 is 11.3 Å². The number of sulfone groups is 1. The van der Waals surface area contributed by atoms with Crippen LogP contribution < -0.4 is 4.90 Å². The quantitative estimate of drug-likeness (QED) is 0.561. The van der Waals surface area contributed by atoms with Gasteiger partial charge in [-0.25, -0.2) is 13.4 Å². The Labute approximate surface area is 187 Å². The number of aromatic nitrogens is 1. The van der Waals surface area contributed by atoms with Crippen molar-refractivity contribution in [2.45, 2.75) is 31.1 Å². The monoisotopic (exact) mass is 457 g/mol. The topological polar surface area (TPSA) is 70.6 Å². The molecule has 0 atom stereocenters. The Morgan fingerprint density at radius 2 is 1.74 bits per heavy atom. The Kier molecular flexibility index (Phi) is 6.29. The van der Waals surface area contributed by atoms with E-state index in [0.717, 1.165) is 10.6 Å². The van der Waals surface area contributed by atoms with Crippen LogP contribution in [0.5, 0.6) is 0 Å². The zero-order valence-electron chi connectivity index (χ0n) is 17.8. The lowest BCUT2D eigenvalue weighted by atomic mass is 10.0. The Balaban J connectivity index is 1.36. The van der Waals surface area contributed by atoms with Crippen molar-refractivity contribution in [1.82, 2.24) is 9.88 Å². The summed E-state index contributed by atoms with van der Waals surface area (Å²) < 4.78 is 26.0. The number of carbonyl (C=O) groups excluding carboxylic acids is 1. The lowest BCUT2D eigenvalue weighted by molar-refractivity contribution is -0.131. The number of thiazole rings is 1. The van der Waals surface area contributed by atoms with Gasteiger partial charge in [0.25, 0.3) is 0 Å². The minimum Gasteiger partial charge on any atom is -0.345 e. The van der Waals surface area contributed by atoms with Crippen molar-refractivity contribution in [3.8, 4) is 0 Å². The number of hydrogen-bond donors (Lipinski definition) is 0. The molecule has 2 heterocycles. The van der Waals surface area contributed by atoms with E-state index in [1.807, 2.05) is 0 Å². The summed E-state index contributed by atoms with van der Waals surface area (Å²) in [6, 6.07) is 14.6. The summed E-state index contributed by atoms with van der Waals surface area (Å²) in [5.74, 6) is 0.150. The summed E-state index contributed by atoms with van der Waals surface area (Å²) in [6.45, 7) is 6.92. The lowest BCUT2D eigenvalue weighted by Gasteiger charge is -2.34. The van der Waals surface area contributed by atoms with Crippen molar-refractivity contribution in [3.63, 3.8) is 0 Å². The third-order valence-corrected chi connectivity index (χ3v) is 8.46. The predicted molar refractivity (Wildman–Crippen MR) is 126 cm³/mol. The molecule has 164 valence electrons. The number of anilines is 1. The van der Waals surface area contributed by atoms with Crippen molar-refractivity contribution in [2.75, 3.05) is 36.8 Å². The second kappa shape index (κ2) is 8.96. The molecule has 31 heavy (non-hydrogen) atoms. The Hall–Kier alpha value is -2.45. The molecular weight excluding hydrogens is 430 g/mol. The Bertz CT molecular complexity index is 1170. The van der Waals surface area contributed by atoms with E-state index in [0.29, 0.717) is 32.1 Å². The van der Waals surface area contributed by atoms with Gasteiger partial charge in [0.15, 0.2) is 15.0 Å². The number of amides is 1. The fraction of sp³-hybridized carbons (Fsp3) is 0.391. The highest BCUT2D eigenvalue weighted by Gasteiger charge is 2.25. The van der Waals surface area contributed by atoms with E-state index in [4.69, 9.17) is 4.98 Å². The molecule has 0 N–H and O–H groups in total. The minimum atomic E-state index is -3.44. The lowest BCUT2D eigenvalue weighted by Crippen LogP contribution is -2.49. The van der Waals surface area contributed by atoms with Gasteiger partial charge in [0, 0.05) is 32.6 Å². The Morgan fingerprint density at radius 3 is 2.42 bits per heavy atom. The molecule has 0 aliphatic carbocycles. The van der Waals surface area contributed by atoms with Crippen LogP contribution in [0.3, 0.4) is 0 Å². The number of piperazine rings is 1. The predicted octanol–water partition coefficient (Wildman–Crippen LogP) is 3.93. The average molecular weight is 458 g/mol. The van der Waals surface area contributed by atoms with Gasteiger partial charge in [-0.2, -0.15) is 0 Å². The van der Waals surface area contributed by atoms with E-state index in [1.165, 1.54) is 10.3 Å². The van der Waals surface area contributed by atoms with E-state index >= 15 is 0 Å². The second-order valence-electron chi connectivity index (χ2n) is 8.09. The van der Waals surface area contributed by atoms with E-state index in [9.17, 15) is 13.2 Å². The molecule has 2 aromatic carbocycles. The van der Waals surface area contributed by atoms with Gasteiger partial charge in [-0.3, -0.25) is 4.79 Å². The molecule has 0 radical (unpaired) electrons. The van der Waals surface area contributed by atoms with E-state index in [1.54, 1.807) is 46.6 Å². The van der Waals surface area contributed by atoms with Crippen LogP contribution in [-0.2, 0) is 14.6 Å². The molecular formula is C23H27N3O3S2. The molecule has 1 aliphatic heterocycles. The maximum Gasteiger partial charge on any atom is 0.223 e. The summed E-state index contributed by atoms with van der Waals surface area (Å²) >= 11 is 1.69. The van der Waals surface area contributed by atoms with Crippen LogP contribution in [0.1, 0.15) is 31.7 Å². The smallest absolute Gasteiger partial charge is 0.223 e. The molecule has 1 saturated heterocycles. The van der Waals surface area contributed by atoms with E-state index < -0.39 is 9.84 Å². The van der Waals surface area contributed by atoms with Crippen LogP contribution in [0.2, 0.25) is 0 Å². The van der Waals surface area contributed by atoms with Crippen LogP contribution in [0, 0.1) is 0 Å². The summed E-state index contributed by atoms with van der Waals surface area (Å²) in [4.78, 5) is 21.8. The summed E-state index contributed by atoms with van der Waals surface area (Å²) in [5, 5.41) is 0.988. The number of fused-ring (bicyclic) bond motifs is 1. The zero-order valence-corrected chi connectivity index (χ0v) is 19.5. The summed E-state index contributed by atoms with van der Waals surface area (Å²) in [6.07, 6.45) is 0.0100. The molecule has 0 spiro atoms. The average Bonchev–Trinajstić information content (AvgIpc) is 3.22. The fourth-order valence-electron chi connectivity index (χ4n) is 3.83. The molecule has 1 aliphatic rings. The highest BCUT2D eigenvalue weighted by molar-refractivity contribution is 7.91. The molecule has 0 bridgehead atoms. The van der Waals surface area contributed by atoms with Gasteiger partial charge in [0.05, 0.1) is 20.9 Å². The van der Waals surface area contributed by atoms with Crippen LogP contribution in [-0.4, -0.2) is 56.1 Å². The molecule has 1 aromatic heterocycles. The molecule has 6 nitrogen and oxygen atoms in total. The molecule has 1 fully saturated rings. The normalized spacial score (nSPS) is 15.1. The van der Waals surface area contributed by atoms with Gasteiger partial charge in [0.1, 0.15) is 0 Å². The van der Waals surface area contributed by atoms with Gasteiger partial charge >= 0.3 is 0 Å². The molecule has 3 aromatic rings. The first kappa shape index (κ1) is 21.8. The highest BCUT2D eigenvalue weighted by Crippen LogP contribution is 2.33. The molecule has 4 rings (SSSR count). The fourth-order valence-corrected chi connectivity index (χ4v) is 6.13. The van der Waals surface area contributed by atoms with Crippen LogP contribution in [0.4, 0.5) is 5.13 Å². The van der Waals surface area contributed by atoms with Crippen molar-refractivity contribution in [1.29, 1.82) is 0 Å². The van der Waals surface area contributed by atoms with Crippen LogP contribution in [0.25, 0.3) is 10.2 Å². The number of para-hydroxylation sites is 1.